The minimum Gasteiger partial charge on any atom is -0.493 e. The number of carbonyl (C=O) groups is 1. The van der Waals surface area contributed by atoms with Crippen LogP contribution >= 0.6 is 22.9 Å². The van der Waals surface area contributed by atoms with Gasteiger partial charge in [0.1, 0.15) is 5.82 Å². The molecule has 0 fully saturated rings. The number of nitrogens with one attached hydrogen (secondary N) is 1. The summed E-state index contributed by atoms with van der Waals surface area (Å²) in [5.41, 5.74) is 0.540. The van der Waals surface area contributed by atoms with Gasteiger partial charge in [-0.3, -0.25) is 10.1 Å². The van der Waals surface area contributed by atoms with Crippen LogP contribution in [0, 0.1) is 5.82 Å². The highest BCUT2D eigenvalue weighted by Crippen LogP contribution is 2.36. The maximum Gasteiger partial charge on any atom is 0.260 e. The van der Waals surface area contributed by atoms with Crippen molar-refractivity contribution in [2.75, 3.05) is 19.5 Å². The summed E-state index contributed by atoms with van der Waals surface area (Å²) in [5, 5.41) is 3.16. The number of anilines is 1. The van der Waals surface area contributed by atoms with Crippen LogP contribution in [0.25, 0.3) is 10.2 Å². The molecule has 1 heterocycles. The van der Waals surface area contributed by atoms with E-state index in [0.29, 0.717) is 22.1 Å². The zero-order valence-corrected chi connectivity index (χ0v) is 14.3. The van der Waals surface area contributed by atoms with Crippen molar-refractivity contribution < 1.29 is 18.7 Å². The lowest BCUT2D eigenvalue weighted by atomic mass is 10.2. The number of ether oxygens (including phenoxy) is 2. The number of rotatable bonds is 4. The molecule has 0 saturated heterocycles. The number of benzene rings is 2. The first-order valence-corrected chi connectivity index (χ1v) is 8.00. The van der Waals surface area contributed by atoms with Gasteiger partial charge in [0.2, 0.25) is 0 Å². The zero-order valence-electron chi connectivity index (χ0n) is 12.7. The fraction of sp³-hybridized carbons (Fsp3) is 0.125. The lowest BCUT2D eigenvalue weighted by Crippen LogP contribution is -2.13. The predicted molar refractivity (Wildman–Crippen MR) is 92.1 cm³/mol. The fourth-order valence-corrected chi connectivity index (χ4v) is 3.18. The highest BCUT2D eigenvalue weighted by molar-refractivity contribution is 7.22. The first-order valence-electron chi connectivity index (χ1n) is 6.81. The molecule has 0 atom stereocenters. The summed E-state index contributed by atoms with van der Waals surface area (Å²) in [6, 6.07) is 7.35. The van der Waals surface area contributed by atoms with Crippen molar-refractivity contribution in [1.82, 2.24) is 4.98 Å². The van der Waals surface area contributed by atoms with E-state index in [1.807, 2.05) is 0 Å². The van der Waals surface area contributed by atoms with E-state index in [2.05, 4.69) is 10.3 Å². The normalized spacial score (nSPS) is 10.7. The lowest BCUT2D eigenvalue weighted by Gasteiger charge is -2.05. The number of halogens is 2. The van der Waals surface area contributed by atoms with E-state index in [9.17, 15) is 9.18 Å². The van der Waals surface area contributed by atoms with Crippen molar-refractivity contribution in [1.29, 1.82) is 0 Å². The lowest BCUT2D eigenvalue weighted by molar-refractivity contribution is 0.102. The van der Waals surface area contributed by atoms with Gasteiger partial charge < -0.3 is 9.47 Å². The fourth-order valence-electron chi connectivity index (χ4n) is 2.15. The van der Waals surface area contributed by atoms with E-state index in [4.69, 9.17) is 21.1 Å². The largest absolute Gasteiger partial charge is 0.493 e. The molecule has 0 aliphatic carbocycles. The Morgan fingerprint density at radius 2 is 1.92 bits per heavy atom. The summed E-state index contributed by atoms with van der Waals surface area (Å²) in [6.07, 6.45) is 0. The highest BCUT2D eigenvalue weighted by atomic mass is 35.5. The third-order valence-corrected chi connectivity index (χ3v) is 4.46. The quantitative estimate of drug-likeness (QED) is 0.745. The Morgan fingerprint density at radius 3 is 2.58 bits per heavy atom. The number of thiazole rings is 1. The van der Waals surface area contributed by atoms with Gasteiger partial charge in [-0.05, 0) is 18.2 Å². The maximum absolute atomic E-state index is 13.8. The molecule has 24 heavy (non-hydrogen) atoms. The topological polar surface area (TPSA) is 60.5 Å². The third-order valence-electron chi connectivity index (χ3n) is 3.29. The van der Waals surface area contributed by atoms with E-state index in [-0.39, 0.29) is 10.6 Å². The van der Waals surface area contributed by atoms with Gasteiger partial charge in [0.25, 0.3) is 5.91 Å². The SMILES string of the molecule is COc1cc2nc(NC(=O)c3ccc(Cl)cc3F)sc2cc1OC. The number of nitrogens with zero attached hydrogens (tertiary/aromatic N) is 1. The highest BCUT2D eigenvalue weighted by Gasteiger charge is 2.16. The van der Waals surface area contributed by atoms with E-state index >= 15 is 0 Å². The van der Waals surface area contributed by atoms with Crippen LogP contribution in [-0.4, -0.2) is 25.1 Å². The van der Waals surface area contributed by atoms with Crippen molar-refractivity contribution in [2.24, 2.45) is 0 Å². The van der Waals surface area contributed by atoms with E-state index < -0.39 is 11.7 Å². The summed E-state index contributed by atoms with van der Waals surface area (Å²) in [7, 11) is 3.07. The number of hydrogen-bond donors (Lipinski definition) is 1. The van der Waals surface area contributed by atoms with Crippen LogP contribution < -0.4 is 14.8 Å². The number of methoxy groups -OCH3 is 2. The Bertz CT molecular complexity index is 888. The summed E-state index contributed by atoms with van der Waals surface area (Å²) >= 11 is 6.94. The Morgan fingerprint density at radius 1 is 1.21 bits per heavy atom. The van der Waals surface area contributed by atoms with Crippen molar-refractivity contribution in [2.45, 2.75) is 0 Å². The second-order valence-electron chi connectivity index (χ2n) is 4.77. The summed E-state index contributed by atoms with van der Waals surface area (Å²) < 4.78 is 25.1. The van der Waals surface area contributed by atoms with Gasteiger partial charge in [-0.1, -0.05) is 22.9 Å². The first-order chi connectivity index (χ1) is 11.5. The molecule has 0 radical (unpaired) electrons. The zero-order chi connectivity index (χ0) is 17.3. The molecular formula is C16H12ClFN2O3S. The smallest absolute Gasteiger partial charge is 0.260 e. The molecule has 3 aromatic rings. The minimum absolute atomic E-state index is 0.103. The van der Waals surface area contributed by atoms with Crippen molar-refractivity contribution in [3.63, 3.8) is 0 Å². The Kier molecular flexibility index (Phi) is 4.55. The Hall–Kier alpha value is -2.38. The van der Waals surface area contributed by atoms with E-state index in [0.717, 1.165) is 10.8 Å². The molecule has 1 aromatic heterocycles. The van der Waals surface area contributed by atoms with Gasteiger partial charge in [0.05, 0.1) is 30.0 Å². The minimum atomic E-state index is -0.690. The van der Waals surface area contributed by atoms with E-state index in [1.165, 1.54) is 37.7 Å². The summed E-state index contributed by atoms with van der Waals surface area (Å²) in [6.45, 7) is 0. The van der Waals surface area contributed by atoms with Crippen LogP contribution in [-0.2, 0) is 0 Å². The van der Waals surface area contributed by atoms with Gasteiger partial charge >= 0.3 is 0 Å². The average molecular weight is 367 g/mol. The molecule has 0 aliphatic heterocycles. The molecule has 1 N–H and O–H groups in total. The average Bonchev–Trinajstić information content (AvgIpc) is 2.94. The molecule has 124 valence electrons. The molecule has 0 saturated carbocycles. The van der Waals surface area contributed by atoms with E-state index in [1.54, 1.807) is 12.1 Å². The molecule has 5 nitrogen and oxygen atoms in total. The Balaban J connectivity index is 1.91. The van der Waals surface area contributed by atoms with Crippen LogP contribution in [0.4, 0.5) is 9.52 Å². The van der Waals surface area contributed by atoms with Crippen molar-refractivity contribution >= 4 is 44.2 Å². The van der Waals surface area contributed by atoms with Gasteiger partial charge in [-0.2, -0.15) is 0 Å². The maximum atomic E-state index is 13.8. The molecule has 0 unspecified atom stereocenters. The molecule has 2 aromatic carbocycles. The van der Waals surface area contributed by atoms with Crippen molar-refractivity contribution in [3.8, 4) is 11.5 Å². The number of hydrogen-bond acceptors (Lipinski definition) is 5. The number of carbonyl (C=O) groups excluding carboxylic acids is 1. The van der Waals surface area contributed by atoms with Crippen LogP contribution in [0.1, 0.15) is 10.4 Å². The second-order valence-corrected chi connectivity index (χ2v) is 6.24. The van der Waals surface area contributed by atoms with Crippen LogP contribution in [0.5, 0.6) is 11.5 Å². The first kappa shape index (κ1) is 16.5. The number of aromatic nitrogens is 1. The standard InChI is InChI=1S/C16H12ClFN2O3S/c1-22-12-6-11-14(7-13(12)23-2)24-16(19-11)20-15(21)9-4-3-8(17)5-10(9)18/h3-7H,1-2H3,(H,19,20,21). The van der Waals surface area contributed by atoms with Gasteiger partial charge in [0, 0.05) is 17.2 Å². The molecule has 8 heteroatoms. The number of fused-ring (bicyclic) bond motifs is 1. The Labute approximate surface area is 146 Å². The monoisotopic (exact) mass is 366 g/mol. The molecule has 3 rings (SSSR count). The van der Waals surface area contributed by atoms with Gasteiger partial charge in [0.15, 0.2) is 16.6 Å². The summed E-state index contributed by atoms with van der Waals surface area (Å²) in [4.78, 5) is 16.5. The second kappa shape index (κ2) is 6.62. The summed E-state index contributed by atoms with van der Waals surface area (Å²) in [5.74, 6) is -0.182. The number of amides is 1. The predicted octanol–water partition coefficient (Wildman–Crippen LogP) is 4.36. The molecule has 0 aliphatic rings. The third kappa shape index (κ3) is 3.13. The molecular weight excluding hydrogens is 355 g/mol. The van der Waals surface area contributed by atoms with Crippen LogP contribution in [0.2, 0.25) is 5.02 Å². The molecule has 0 spiro atoms. The van der Waals surface area contributed by atoms with Crippen molar-refractivity contribution in [3.05, 3.63) is 46.7 Å². The van der Waals surface area contributed by atoms with Gasteiger partial charge in [-0.25, -0.2) is 9.37 Å². The van der Waals surface area contributed by atoms with Gasteiger partial charge in [-0.15, -0.1) is 0 Å². The van der Waals surface area contributed by atoms with Crippen LogP contribution in [0.3, 0.4) is 0 Å². The molecule has 1 amide bonds. The van der Waals surface area contributed by atoms with Crippen LogP contribution in [0.15, 0.2) is 30.3 Å². The molecule has 0 bridgehead atoms.